The summed E-state index contributed by atoms with van der Waals surface area (Å²) in [6, 6.07) is 15.9. The smallest absolute Gasteiger partial charge is 0.296 e. The number of hydrogen-bond acceptors (Lipinski definition) is 6. The van der Waals surface area contributed by atoms with Gasteiger partial charge in [0.1, 0.15) is 17.3 Å². The monoisotopic (exact) mass is 458 g/mol. The summed E-state index contributed by atoms with van der Waals surface area (Å²) >= 11 is 0. The molecule has 0 spiro atoms. The third-order valence-corrected chi connectivity index (χ3v) is 5.60. The Morgan fingerprint density at radius 3 is 2.53 bits per heavy atom. The second-order valence-corrected chi connectivity index (χ2v) is 8.49. The van der Waals surface area contributed by atoms with Gasteiger partial charge in [-0.3, -0.25) is 14.6 Å². The zero-order valence-electron chi connectivity index (χ0n) is 19.2. The number of ether oxygens (including phenoxy) is 1. The van der Waals surface area contributed by atoms with Crippen LogP contribution in [0.15, 0.2) is 72.4 Å². The lowest BCUT2D eigenvalue weighted by Crippen LogP contribution is -2.29. The van der Waals surface area contributed by atoms with E-state index in [4.69, 9.17) is 4.74 Å². The van der Waals surface area contributed by atoms with Gasteiger partial charge in [0.05, 0.1) is 30.0 Å². The fourth-order valence-electron chi connectivity index (χ4n) is 4.09. The van der Waals surface area contributed by atoms with E-state index in [9.17, 15) is 19.8 Å². The lowest BCUT2D eigenvalue weighted by Gasteiger charge is -2.25. The second-order valence-electron chi connectivity index (χ2n) is 8.49. The summed E-state index contributed by atoms with van der Waals surface area (Å²) in [7, 11) is 0. The van der Waals surface area contributed by atoms with Crippen LogP contribution < -0.4 is 4.74 Å². The van der Waals surface area contributed by atoms with Crippen molar-refractivity contribution in [2.45, 2.75) is 39.5 Å². The summed E-state index contributed by atoms with van der Waals surface area (Å²) < 4.78 is 5.77. The van der Waals surface area contributed by atoms with Gasteiger partial charge in [-0.05, 0) is 74.4 Å². The van der Waals surface area contributed by atoms with Gasteiger partial charge in [0.25, 0.3) is 11.7 Å². The number of aliphatic hydroxyl groups is 1. The SMILES string of the molecule is Cc1cc(/C(O)=C2/C(=O)C(=O)N(Cc3ccccn3)C2c2cccc(O)c2)ccc1OC(C)C. The number of carbonyl (C=O) groups excluding carboxylic acids is 2. The number of amides is 1. The maximum Gasteiger partial charge on any atom is 0.296 e. The average molecular weight is 459 g/mol. The van der Waals surface area contributed by atoms with Crippen LogP contribution in [0.3, 0.4) is 0 Å². The van der Waals surface area contributed by atoms with Crippen molar-refractivity contribution in [1.82, 2.24) is 9.88 Å². The third-order valence-electron chi connectivity index (χ3n) is 5.60. The van der Waals surface area contributed by atoms with Crippen LogP contribution in [0.4, 0.5) is 0 Å². The summed E-state index contributed by atoms with van der Waals surface area (Å²) in [5.41, 5.74) is 2.25. The number of aromatic nitrogens is 1. The molecule has 1 aliphatic rings. The Hall–Kier alpha value is -4.13. The first kappa shape index (κ1) is 23.0. The van der Waals surface area contributed by atoms with Crippen LogP contribution in [0, 0.1) is 6.92 Å². The molecule has 0 bridgehead atoms. The van der Waals surface area contributed by atoms with Crippen LogP contribution in [0.1, 0.15) is 42.3 Å². The number of benzene rings is 2. The van der Waals surface area contributed by atoms with Crippen LogP contribution in [-0.4, -0.2) is 37.9 Å². The first-order valence-electron chi connectivity index (χ1n) is 11.0. The molecule has 174 valence electrons. The largest absolute Gasteiger partial charge is 0.508 e. The lowest BCUT2D eigenvalue weighted by molar-refractivity contribution is -0.140. The lowest BCUT2D eigenvalue weighted by atomic mass is 9.94. The van der Waals surface area contributed by atoms with Crippen LogP contribution in [-0.2, 0) is 16.1 Å². The molecule has 1 amide bonds. The van der Waals surface area contributed by atoms with E-state index in [0.717, 1.165) is 5.56 Å². The maximum atomic E-state index is 13.2. The zero-order valence-corrected chi connectivity index (χ0v) is 19.2. The van der Waals surface area contributed by atoms with Gasteiger partial charge in [-0.1, -0.05) is 18.2 Å². The van der Waals surface area contributed by atoms with Gasteiger partial charge in [-0.15, -0.1) is 0 Å². The Morgan fingerprint density at radius 2 is 1.88 bits per heavy atom. The molecule has 1 aliphatic heterocycles. The minimum atomic E-state index is -0.888. The van der Waals surface area contributed by atoms with Gasteiger partial charge in [0, 0.05) is 11.8 Å². The second kappa shape index (κ2) is 9.39. The number of phenolic OH excluding ortho intramolecular Hbond substituents is 1. The number of aliphatic hydroxyl groups excluding tert-OH is 1. The first-order valence-corrected chi connectivity index (χ1v) is 11.0. The maximum absolute atomic E-state index is 13.2. The highest BCUT2D eigenvalue weighted by atomic mass is 16.5. The van der Waals surface area contributed by atoms with Crippen molar-refractivity contribution in [3.05, 3.63) is 94.8 Å². The fraction of sp³-hybridized carbons (Fsp3) is 0.222. The van der Waals surface area contributed by atoms with Gasteiger partial charge in [0.2, 0.25) is 0 Å². The summed E-state index contributed by atoms with van der Waals surface area (Å²) in [5, 5.41) is 21.3. The number of carbonyl (C=O) groups is 2. The standard InChI is InChI=1S/C27H26N2O5/c1-16(2)34-22-11-10-19(13-17(22)3)25(31)23-24(18-7-6-9-21(30)14-18)29(27(33)26(23)32)15-20-8-4-5-12-28-20/h4-14,16,24,30-31H,15H2,1-3H3/b25-23-. The molecule has 7 nitrogen and oxygen atoms in total. The van der Waals surface area contributed by atoms with Gasteiger partial charge < -0.3 is 19.8 Å². The summed E-state index contributed by atoms with van der Waals surface area (Å²) in [6.45, 7) is 5.76. The van der Waals surface area contributed by atoms with E-state index >= 15 is 0 Å². The van der Waals surface area contributed by atoms with Crippen LogP contribution in [0.5, 0.6) is 11.5 Å². The van der Waals surface area contributed by atoms with Gasteiger partial charge in [0.15, 0.2) is 0 Å². The molecule has 2 aromatic carbocycles. The number of Topliss-reactive ketones (excluding diaryl/α,β-unsaturated/α-hetero) is 1. The topological polar surface area (TPSA) is 100.0 Å². The zero-order chi connectivity index (χ0) is 24.4. The molecule has 1 aromatic heterocycles. The van der Waals surface area contributed by atoms with Crippen molar-refractivity contribution in [3.63, 3.8) is 0 Å². The highest BCUT2D eigenvalue weighted by Crippen LogP contribution is 2.41. The Balaban J connectivity index is 1.83. The van der Waals surface area contributed by atoms with Gasteiger partial charge in [-0.2, -0.15) is 0 Å². The summed E-state index contributed by atoms with van der Waals surface area (Å²) in [5.74, 6) is -1.15. The van der Waals surface area contributed by atoms with Gasteiger partial charge in [-0.25, -0.2) is 0 Å². The van der Waals surface area contributed by atoms with Gasteiger partial charge >= 0.3 is 0 Å². The minimum Gasteiger partial charge on any atom is -0.508 e. The number of aryl methyl sites for hydroxylation is 1. The molecule has 7 heteroatoms. The van der Waals surface area contributed by atoms with Crippen LogP contribution >= 0.6 is 0 Å². The summed E-state index contributed by atoms with van der Waals surface area (Å²) in [6.07, 6.45) is 1.60. The Kier molecular flexibility index (Phi) is 6.36. The molecule has 2 heterocycles. The Morgan fingerprint density at radius 1 is 1.09 bits per heavy atom. The number of hydrogen-bond donors (Lipinski definition) is 2. The number of aromatic hydroxyl groups is 1. The molecule has 0 radical (unpaired) electrons. The molecule has 0 saturated carbocycles. The average Bonchev–Trinajstić information content (AvgIpc) is 3.05. The summed E-state index contributed by atoms with van der Waals surface area (Å²) in [4.78, 5) is 31.9. The first-order chi connectivity index (χ1) is 16.3. The predicted octanol–water partition coefficient (Wildman–Crippen LogP) is 4.50. The van der Waals surface area contributed by atoms with E-state index in [-0.39, 0.29) is 29.7 Å². The van der Waals surface area contributed by atoms with E-state index in [1.54, 1.807) is 54.7 Å². The number of phenols is 1. The predicted molar refractivity (Wildman–Crippen MR) is 127 cm³/mol. The highest BCUT2D eigenvalue weighted by Gasteiger charge is 2.46. The van der Waals surface area contributed by atoms with E-state index in [0.29, 0.717) is 22.6 Å². The van der Waals surface area contributed by atoms with E-state index < -0.39 is 17.7 Å². The molecule has 1 atom stereocenters. The quantitative estimate of drug-likeness (QED) is 0.320. The van der Waals surface area contributed by atoms with Crippen molar-refractivity contribution < 1.29 is 24.5 Å². The fourth-order valence-corrected chi connectivity index (χ4v) is 4.09. The molecular formula is C27H26N2O5. The van der Waals surface area contributed by atoms with Crippen LogP contribution in [0.25, 0.3) is 5.76 Å². The molecule has 2 N–H and O–H groups in total. The molecular weight excluding hydrogens is 432 g/mol. The van der Waals surface area contributed by atoms with Crippen molar-refractivity contribution in [3.8, 4) is 11.5 Å². The normalized spacial score (nSPS) is 17.4. The molecule has 0 aliphatic carbocycles. The van der Waals surface area contributed by atoms with Crippen molar-refractivity contribution >= 4 is 17.4 Å². The highest BCUT2D eigenvalue weighted by molar-refractivity contribution is 6.46. The van der Waals surface area contributed by atoms with E-state index in [1.165, 1.54) is 17.0 Å². The van der Waals surface area contributed by atoms with Crippen LogP contribution in [0.2, 0.25) is 0 Å². The minimum absolute atomic E-state index is 0.00745. The van der Waals surface area contributed by atoms with Crippen molar-refractivity contribution in [2.75, 3.05) is 0 Å². The van der Waals surface area contributed by atoms with Crippen molar-refractivity contribution in [2.24, 2.45) is 0 Å². The Labute approximate surface area is 198 Å². The van der Waals surface area contributed by atoms with E-state index in [2.05, 4.69) is 4.98 Å². The molecule has 1 fully saturated rings. The molecule has 3 aromatic rings. The molecule has 4 rings (SSSR count). The van der Waals surface area contributed by atoms with E-state index in [1.807, 2.05) is 20.8 Å². The molecule has 1 unspecified atom stereocenters. The Bertz CT molecular complexity index is 1270. The number of rotatable bonds is 6. The third kappa shape index (κ3) is 4.50. The number of nitrogens with zero attached hydrogens (tertiary/aromatic N) is 2. The van der Waals surface area contributed by atoms with Crippen molar-refractivity contribution in [1.29, 1.82) is 0 Å². The molecule has 34 heavy (non-hydrogen) atoms. The number of likely N-dealkylation sites (tertiary alicyclic amines) is 1. The molecule has 1 saturated heterocycles. The number of ketones is 1. The number of pyridine rings is 1.